The Morgan fingerprint density at radius 2 is 1.42 bits per heavy atom. The number of rotatable bonds is 0. The van der Waals surface area contributed by atoms with Gasteiger partial charge >= 0.3 is 0 Å². The minimum absolute atomic E-state index is 0. The second kappa shape index (κ2) is 18.7. The van der Waals surface area contributed by atoms with Gasteiger partial charge in [0.1, 0.15) is 5.82 Å². The minimum atomic E-state index is 0. The smallest absolute Gasteiger partial charge is 0.105 e. The van der Waals surface area contributed by atoms with E-state index in [0.29, 0.717) is 0 Å². The minimum Gasteiger partial charge on any atom is -0.344 e. The SMILES string of the molecule is C.C.C.C.Cc1nccn1C.Cn1ccnc1.N.N. The number of nitrogens with zero attached hydrogens (tertiary/aromatic N) is 4. The van der Waals surface area contributed by atoms with Crippen LogP contribution in [-0.2, 0) is 14.1 Å². The number of hydrogen-bond acceptors (Lipinski definition) is 4. The van der Waals surface area contributed by atoms with Crippen LogP contribution in [0.1, 0.15) is 35.5 Å². The summed E-state index contributed by atoms with van der Waals surface area (Å²) in [4.78, 5) is 7.76. The van der Waals surface area contributed by atoms with Gasteiger partial charge < -0.3 is 21.4 Å². The molecule has 0 aliphatic heterocycles. The van der Waals surface area contributed by atoms with E-state index in [-0.39, 0.29) is 42.0 Å². The van der Waals surface area contributed by atoms with Gasteiger partial charge in [0.15, 0.2) is 0 Å². The Bertz CT molecular complexity index is 323. The van der Waals surface area contributed by atoms with Crippen LogP contribution < -0.4 is 12.3 Å². The summed E-state index contributed by atoms with van der Waals surface area (Å²) in [6.45, 7) is 1.97. The molecule has 0 amide bonds. The summed E-state index contributed by atoms with van der Waals surface area (Å²) >= 11 is 0. The van der Waals surface area contributed by atoms with E-state index in [1.807, 2.05) is 42.5 Å². The summed E-state index contributed by atoms with van der Waals surface area (Å²) < 4.78 is 3.86. The van der Waals surface area contributed by atoms with Crippen molar-refractivity contribution in [2.45, 2.75) is 36.6 Å². The molecular formula is C13H36N6. The van der Waals surface area contributed by atoms with Crippen LogP contribution in [0.3, 0.4) is 0 Å². The van der Waals surface area contributed by atoms with Crippen LogP contribution in [0.4, 0.5) is 0 Å². The highest BCUT2D eigenvalue weighted by atomic mass is 15.0. The summed E-state index contributed by atoms with van der Waals surface area (Å²) in [5.74, 6) is 1.06. The van der Waals surface area contributed by atoms with Gasteiger partial charge in [0.2, 0.25) is 0 Å². The molecule has 2 heterocycles. The fraction of sp³-hybridized carbons (Fsp3) is 0.538. The summed E-state index contributed by atoms with van der Waals surface area (Å²) in [6, 6.07) is 0. The Morgan fingerprint density at radius 1 is 0.895 bits per heavy atom. The topological polar surface area (TPSA) is 106 Å². The van der Waals surface area contributed by atoms with Gasteiger partial charge in [-0.1, -0.05) is 29.7 Å². The lowest BCUT2D eigenvalue weighted by atomic mass is 10.7. The van der Waals surface area contributed by atoms with Gasteiger partial charge in [-0.15, -0.1) is 0 Å². The average Bonchev–Trinajstić information content (AvgIpc) is 2.67. The zero-order valence-corrected chi connectivity index (χ0v) is 9.59. The molecule has 2 aromatic rings. The van der Waals surface area contributed by atoms with E-state index in [2.05, 4.69) is 9.97 Å². The van der Waals surface area contributed by atoms with Gasteiger partial charge in [0.25, 0.3) is 0 Å². The van der Waals surface area contributed by atoms with Crippen molar-refractivity contribution < 1.29 is 0 Å². The largest absolute Gasteiger partial charge is 0.344 e. The first-order valence-electron chi connectivity index (χ1n) is 4.06. The van der Waals surface area contributed by atoms with E-state index in [0.717, 1.165) is 5.82 Å². The molecule has 0 spiro atoms. The van der Waals surface area contributed by atoms with Crippen molar-refractivity contribution in [2.75, 3.05) is 0 Å². The monoisotopic (exact) mass is 276 g/mol. The quantitative estimate of drug-likeness (QED) is 0.758. The molecule has 0 aliphatic carbocycles. The highest BCUT2D eigenvalue weighted by Crippen LogP contribution is 1.86. The molecule has 6 nitrogen and oxygen atoms in total. The summed E-state index contributed by atoms with van der Waals surface area (Å²) in [5.41, 5.74) is 0. The van der Waals surface area contributed by atoms with E-state index in [4.69, 9.17) is 0 Å². The Morgan fingerprint density at radius 3 is 1.53 bits per heavy atom. The van der Waals surface area contributed by atoms with E-state index < -0.39 is 0 Å². The van der Waals surface area contributed by atoms with Crippen LogP contribution in [0.2, 0.25) is 0 Å². The molecule has 0 saturated heterocycles. The Balaban J connectivity index is -0.0000000340. The molecule has 0 fully saturated rings. The molecule has 0 radical (unpaired) electrons. The molecule has 6 N–H and O–H groups in total. The van der Waals surface area contributed by atoms with E-state index in [1.165, 1.54) is 0 Å². The van der Waals surface area contributed by atoms with Gasteiger partial charge in [-0.05, 0) is 6.92 Å². The van der Waals surface area contributed by atoms with E-state index in [1.54, 1.807) is 18.7 Å². The maximum atomic E-state index is 3.98. The third-order valence-corrected chi connectivity index (χ3v) is 1.70. The molecule has 2 rings (SSSR count). The molecule has 19 heavy (non-hydrogen) atoms. The van der Waals surface area contributed by atoms with Crippen LogP contribution >= 0.6 is 0 Å². The predicted octanol–water partition coefficient (Wildman–Crippen LogP) is 4.02. The second-order valence-electron chi connectivity index (χ2n) is 2.81. The summed E-state index contributed by atoms with van der Waals surface area (Å²) in [5, 5.41) is 0. The lowest BCUT2D eigenvalue weighted by Gasteiger charge is -1.87. The molecule has 0 bridgehead atoms. The standard InChI is InChI=1S/C5H8N2.C4H6N2.4CH4.2H3N/c1-5-6-3-4-7(5)2;1-6-3-2-5-4-6;;;;;;/h3-4H,1-2H3;2-4H,1H3;4*1H4;2*1H3. The van der Waals surface area contributed by atoms with Gasteiger partial charge in [-0.2, -0.15) is 0 Å². The Hall–Kier alpha value is -1.66. The Kier molecular flexibility index (Phi) is 35.4. The van der Waals surface area contributed by atoms with Gasteiger partial charge in [0.05, 0.1) is 6.33 Å². The summed E-state index contributed by atoms with van der Waals surface area (Å²) in [7, 11) is 3.91. The maximum Gasteiger partial charge on any atom is 0.105 e. The normalized spacial score (nSPS) is 6.26. The molecule has 2 aromatic heterocycles. The fourth-order valence-electron chi connectivity index (χ4n) is 0.766. The average molecular weight is 276 g/mol. The van der Waals surface area contributed by atoms with Crippen molar-refractivity contribution in [1.29, 1.82) is 0 Å². The zero-order valence-electron chi connectivity index (χ0n) is 9.59. The molecule has 0 saturated carbocycles. The summed E-state index contributed by atoms with van der Waals surface area (Å²) in [6.07, 6.45) is 9.10. The van der Waals surface area contributed by atoms with Crippen LogP contribution in [-0.4, -0.2) is 19.1 Å². The second-order valence-corrected chi connectivity index (χ2v) is 2.81. The van der Waals surface area contributed by atoms with Crippen LogP contribution in [0, 0.1) is 6.92 Å². The predicted molar refractivity (Wildman–Crippen MR) is 88.1 cm³/mol. The first-order chi connectivity index (χ1) is 6.20. The number of aromatic nitrogens is 4. The third-order valence-electron chi connectivity index (χ3n) is 1.70. The lowest BCUT2D eigenvalue weighted by Crippen LogP contribution is -1.86. The van der Waals surface area contributed by atoms with Gasteiger partial charge in [-0.25, -0.2) is 9.97 Å². The van der Waals surface area contributed by atoms with Crippen molar-refractivity contribution in [1.82, 2.24) is 31.4 Å². The zero-order chi connectivity index (χ0) is 9.68. The maximum absolute atomic E-state index is 3.98. The van der Waals surface area contributed by atoms with Crippen LogP contribution in [0.15, 0.2) is 31.1 Å². The van der Waals surface area contributed by atoms with E-state index >= 15 is 0 Å². The van der Waals surface area contributed by atoms with Gasteiger partial charge in [0, 0.05) is 38.9 Å². The van der Waals surface area contributed by atoms with Crippen molar-refractivity contribution in [3.8, 4) is 0 Å². The first-order valence-corrected chi connectivity index (χ1v) is 4.06. The first kappa shape index (κ1) is 36.0. The van der Waals surface area contributed by atoms with Crippen molar-refractivity contribution in [2.24, 2.45) is 14.1 Å². The molecule has 0 atom stereocenters. The van der Waals surface area contributed by atoms with Gasteiger partial charge in [-0.3, -0.25) is 0 Å². The molecule has 118 valence electrons. The van der Waals surface area contributed by atoms with Crippen molar-refractivity contribution >= 4 is 0 Å². The number of aryl methyl sites for hydroxylation is 3. The third kappa shape index (κ3) is 14.3. The number of imidazole rings is 2. The fourth-order valence-corrected chi connectivity index (χ4v) is 0.766. The molecule has 0 aliphatic rings. The molecule has 0 aromatic carbocycles. The molecular weight excluding hydrogens is 240 g/mol. The van der Waals surface area contributed by atoms with Crippen LogP contribution in [0.25, 0.3) is 0 Å². The van der Waals surface area contributed by atoms with Crippen LogP contribution in [0.5, 0.6) is 0 Å². The van der Waals surface area contributed by atoms with Crippen molar-refractivity contribution in [3.63, 3.8) is 0 Å². The highest BCUT2D eigenvalue weighted by molar-refractivity contribution is 4.85. The van der Waals surface area contributed by atoms with E-state index in [9.17, 15) is 0 Å². The molecule has 0 unspecified atom stereocenters. The highest BCUT2D eigenvalue weighted by Gasteiger charge is 1.83. The number of hydrogen-bond donors (Lipinski definition) is 2. The Labute approximate surface area is 120 Å². The molecule has 6 heteroatoms. The van der Waals surface area contributed by atoms with Crippen molar-refractivity contribution in [3.05, 3.63) is 36.9 Å². The lowest BCUT2D eigenvalue weighted by molar-refractivity contribution is 0.858.